The fourth-order valence-corrected chi connectivity index (χ4v) is 7.06. The second-order valence-corrected chi connectivity index (χ2v) is 12.3. The molecule has 2 aromatic carbocycles. The van der Waals surface area contributed by atoms with Crippen molar-refractivity contribution in [2.45, 2.75) is 22.3 Å². The van der Waals surface area contributed by atoms with E-state index >= 15 is 0 Å². The van der Waals surface area contributed by atoms with Crippen molar-refractivity contribution in [2.75, 3.05) is 17.8 Å². The molecule has 1 atom stereocenters. The predicted molar refractivity (Wildman–Crippen MR) is 124 cm³/mol. The number of aromatic nitrogens is 1. The molecule has 1 N–H and O–H groups in total. The van der Waals surface area contributed by atoms with E-state index in [4.69, 9.17) is 27.9 Å². The van der Waals surface area contributed by atoms with E-state index in [1.54, 1.807) is 23.6 Å². The van der Waals surface area contributed by atoms with Gasteiger partial charge >= 0.3 is 0 Å². The Morgan fingerprint density at radius 2 is 1.88 bits per heavy atom. The van der Waals surface area contributed by atoms with Gasteiger partial charge in [-0.1, -0.05) is 29.3 Å². The molecule has 3 aromatic rings. The van der Waals surface area contributed by atoms with E-state index < -0.39 is 36.9 Å². The summed E-state index contributed by atoms with van der Waals surface area (Å²) in [5.74, 6) is -0.937. The Balaban J connectivity index is 1.51. The van der Waals surface area contributed by atoms with Crippen LogP contribution in [0.15, 0.2) is 57.8 Å². The van der Waals surface area contributed by atoms with Crippen LogP contribution in [0.5, 0.6) is 5.75 Å². The summed E-state index contributed by atoms with van der Waals surface area (Å²) in [6.45, 7) is 0.125. The number of nitrogens with zero attached hydrogens (tertiary/aromatic N) is 2. The molecule has 0 radical (unpaired) electrons. The van der Waals surface area contributed by atoms with Crippen LogP contribution in [0.25, 0.3) is 0 Å². The summed E-state index contributed by atoms with van der Waals surface area (Å²) >= 11 is 13.2. The van der Waals surface area contributed by atoms with Crippen molar-refractivity contribution in [2.24, 2.45) is 0 Å². The van der Waals surface area contributed by atoms with Crippen molar-refractivity contribution in [3.8, 4) is 5.75 Å². The molecule has 4 rings (SSSR count). The van der Waals surface area contributed by atoms with Crippen LogP contribution in [0.4, 0.5) is 9.52 Å². The molecule has 0 unspecified atom stereocenters. The number of rotatable bonds is 7. The SMILES string of the molecule is O=S(=O)(Nc1nccs1)c1ccc(S(=O)(=O)N2CC[C@H](Oc3c(Cl)cccc3Cl)C2)cc1F. The molecule has 1 aromatic heterocycles. The zero-order valence-electron chi connectivity index (χ0n) is 16.6. The molecule has 0 aliphatic carbocycles. The molecule has 1 aliphatic rings. The molecule has 2 heterocycles. The Kier molecular flexibility index (Phi) is 6.85. The minimum absolute atomic E-state index is 0.00282. The van der Waals surface area contributed by atoms with Gasteiger partial charge in [0.25, 0.3) is 10.0 Å². The molecule has 33 heavy (non-hydrogen) atoms. The summed E-state index contributed by atoms with van der Waals surface area (Å²) in [4.78, 5) is 2.73. The average Bonchev–Trinajstić information content (AvgIpc) is 3.42. The number of para-hydroxylation sites is 1. The van der Waals surface area contributed by atoms with Crippen LogP contribution >= 0.6 is 34.5 Å². The number of anilines is 1. The van der Waals surface area contributed by atoms with Crippen LogP contribution < -0.4 is 9.46 Å². The lowest BCUT2D eigenvalue weighted by Gasteiger charge is -2.18. The number of thiazole rings is 1. The third-order valence-corrected chi connectivity index (χ3v) is 9.44. The second-order valence-electron chi connectivity index (χ2n) is 6.98. The monoisotopic (exact) mass is 551 g/mol. The van der Waals surface area contributed by atoms with Gasteiger partial charge in [0.2, 0.25) is 10.0 Å². The van der Waals surface area contributed by atoms with Crippen molar-refractivity contribution >= 4 is 59.7 Å². The van der Waals surface area contributed by atoms with E-state index in [1.807, 2.05) is 0 Å². The molecule has 0 saturated carbocycles. The molecule has 14 heteroatoms. The Bertz CT molecular complexity index is 1370. The lowest BCUT2D eigenvalue weighted by Crippen LogP contribution is -2.31. The second kappa shape index (κ2) is 9.35. The normalized spacial score (nSPS) is 17.2. The first-order chi connectivity index (χ1) is 15.6. The highest BCUT2D eigenvalue weighted by Crippen LogP contribution is 2.35. The van der Waals surface area contributed by atoms with Crippen LogP contribution in [0, 0.1) is 5.82 Å². The van der Waals surface area contributed by atoms with Gasteiger partial charge in [-0.15, -0.1) is 11.3 Å². The van der Waals surface area contributed by atoms with Gasteiger partial charge in [0, 0.05) is 18.1 Å². The fraction of sp³-hybridized carbons (Fsp3) is 0.211. The first-order valence-electron chi connectivity index (χ1n) is 9.40. The largest absolute Gasteiger partial charge is 0.486 e. The van der Waals surface area contributed by atoms with Gasteiger partial charge in [-0.05, 0) is 36.8 Å². The molecule has 8 nitrogen and oxygen atoms in total. The molecule has 0 spiro atoms. The summed E-state index contributed by atoms with van der Waals surface area (Å²) < 4.78 is 74.6. The summed E-state index contributed by atoms with van der Waals surface area (Å²) in [5.41, 5.74) is 0. The highest BCUT2D eigenvalue weighted by atomic mass is 35.5. The minimum atomic E-state index is -4.28. The van der Waals surface area contributed by atoms with E-state index in [9.17, 15) is 21.2 Å². The van der Waals surface area contributed by atoms with Gasteiger partial charge in [-0.25, -0.2) is 26.2 Å². The van der Waals surface area contributed by atoms with Crippen molar-refractivity contribution in [3.05, 3.63) is 63.8 Å². The molecule has 1 fully saturated rings. The van der Waals surface area contributed by atoms with Gasteiger partial charge in [-0.3, -0.25) is 4.72 Å². The maximum Gasteiger partial charge on any atom is 0.266 e. The Labute approximate surface area is 204 Å². The summed E-state index contributed by atoms with van der Waals surface area (Å²) in [6.07, 6.45) is 1.25. The van der Waals surface area contributed by atoms with Crippen molar-refractivity contribution < 1.29 is 26.0 Å². The molecule has 0 bridgehead atoms. The third kappa shape index (κ3) is 5.10. The first kappa shape index (κ1) is 24.2. The highest BCUT2D eigenvalue weighted by molar-refractivity contribution is 7.93. The Morgan fingerprint density at radius 1 is 1.15 bits per heavy atom. The van der Waals surface area contributed by atoms with Crippen molar-refractivity contribution in [1.82, 2.24) is 9.29 Å². The van der Waals surface area contributed by atoms with Crippen molar-refractivity contribution in [1.29, 1.82) is 0 Å². The van der Waals surface area contributed by atoms with Crippen LogP contribution in [-0.4, -0.2) is 45.3 Å². The maximum atomic E-state index is 14.7. The van der Waals surface area contributed by atoms with Gasteiger partial charge in [0.1, 0.15) is 16.8 Å². The first-order valence-corrected chi connectivity index (χ1v) is 14.0. The molecule has 176 valence electrons. The highest BCUT2D eigenvalue weighted by Gasteiger charge is 2.35. The van der Waals surface area contributed by atoms with E-state index in [0.29, 0.717) is 22.5 Å². The van der Waals surface area contributed by atoms with E-state index in [1.165, 1.54) is 6.20 Å². The van der Waals surface area contributed by atoms with Crippen LogP contribution in [-0.2, 0) is 20.0 Å². The molecule has 0 amide bonds. The van der Waals surface area contributed by atoms with Crippen LogP contribution in [0.2, 0.25) is 10.0 Å². The van der Waals surface area contributed by atoms with Gasteiger partial charge in [-0.2, -0.15) is 4.31 Å². The number of hydrogen-bond donors (Lipinski definition) is 1. The number of hydrogen-bond acceptors (Lipinski definition) is 7. The quantitative estimate of drug-likeness (QED) is 0.471. The number of halogens is 3. The topological polar surface area (TPSA) is 106 Å². The molecule has 1 aliphatic heterocycles. The summed E-state index contributed by atoms with van der Waals surface area (Å²) in [6, 6.07) is 7.51. The van der Waals surface area contributed by atoms with Gasteiger partial charge in [0.05, 0.1) is 21.5 Å². The number of ether oxygens (including phenoxy) is 1. The summed E-state index contributed by atoms with van der Waals surface area (Å²) in [5, 5.41) is 2.22. The lowest BCUT2D eigenvalue weighted by atomic mass is 10.3. The van der Waals surface area contributed by atoms with Crippen LogP contribution in [0.1, 0.15) is 6.42 Å². The maximum absolute atomic E-state index is 14.7. The fourth-order valence-electron chi connectivity index (χ4n) is 3.23. The molecule has 1 saturated heterocycles. The van der Waals surface area contributed by atoms with Gasteiger partial charge in [0.15, 0.2) is 10.9 Å². The zero-order valence-corrected chi connectivity index (χ0v) is 20.6. The summed E-state index contributed by atoms with van der Waals surface area (Å²) in [7, 11) is -8.37. The lowest BCUT2D eigenvalue weighted by molar-refractivity contribution is 0.216. The Hall–Kier alpha value is -1.96. The smallest absolute Gasteiger partial charge is 0.266 e. The number of sulfonamides is 2. The standard InChI is InChI=1S/C19H16Cl2FN3O5S3/c20-14-2-1-3-15(21)18(14)30-12-6-8-25(11-12)33(28,29)13-4-5-17(16(22)10-13)32(26,27)24-19-23-7-9-31-19/h1-5,7,9-10,12H,6,8,11H2,(H,23,24)/t12-/m0/s1. The molecular weight excluding hydrogens is 536 g/mol. The van der Waals surface area contributed by atoms with E-state index in [2.05, 4.69) is 9.71 Å². The van der Waals surface area contributed by atoms with E-state index in [0.717, 1.165) is 27.8 Å². The van der Waals surface area contributed by atoms with Crippen molar-refractivity contribution in [3.63, 3.8) is 0 Å². The number of nitrogens with one attached hydrogen (secondary N) is 1. The third-order valence-electron chi connectivity index (χ3n) is 4.80. The minimum Gasteiger partial charge on any atom is -0.486 e. The number of benzene rings is 2. The van der Waals surface area contributed by atoms with Gasteiger partial charge < -0.3 is 4.74 Å². The predicted octanol–water partition coefficient (Wildman–Crippen LogP) is 4.23. The van der Waals surface area contributed by atoms with Crippen LogP contribution in [0.3, 0.4) is 0 Å². The average molecular weight is 552 g/mol. The Morgan fingerprint density at radius 3 is 2.52 bits per heavy atom. The van der Waals surface area contributed by atoms with E-state index in [-0.39, 0.29) is 28.9 Å². The molecular formula is C19H16Cl2FN3O5S3. The zero-order chi connectivity index (χ0) is 23.8.